The van der Waals surface area contributed by atoms with Gasteiger partial charge in [-0.25, -0.2) is 0 Å². The van der Waals surface area contributed by atoms with Crippen LogP contribution < -0.4 is 15.8 Å². The monoisotopic (exact) mass is 280 g/mol. The highest BCUT2D eigenvalue weighted by atomic mass is 35.5. The summed E-state index contributed by atoms with van der Waals surface area (Å²) in [5.41, 5.74) is 6.07. The second-order valence-electron chi connectivity index (χ2n) is 3.99. The third-order valence-corrected chi connectivity index (χ3v) is 2.70. The van der Waals surface area contributed by atoms with Gasteiger partial charge in [0.15, 0.2) is 0 Å². The number of methoxy groups -OCH3 is 1. The standard InChI is InChI=1S/C14H16N2O2.ClH/c1-18-13-9-11(16-14(17)6-7-15)8-10-4-2-3-5-12(10)13;/h2-5,8-9H,6-7,15H2,1H3,(H,16,17);1H. The average Bonchev–Trinajstić information content (AvgIpc) is 2.38. The maximum atomic E-state index is 11.5. The Balaban J connectivity index is 0.00000180. The predicted octanol–water partition coefficient (Wildman–Crippen LogP) is 2.56. The summed E-state index contributed by atoms with van der Waals surface area (Å²) in [7, 11) is 1.62. The van der Waals surface area contributed by atoms with Crippen molar-refractivity contribution >= 4 is 34.8 Å². The topological polar surface area (TPSA) is 64.3 Å². The molecule has 0 spiro atoms. The highest BCUT2D eigenvalue weighted by molar-refractivity contribution is 5.97. The van der Waals surface area contributed by atoms with Crippen LogP contribution in [0.2, 0.25) is 0 Å². The zero-order valence-corrected chi connectivity index (χ0v) is 11.5. The number of anilines is 1. The van der Waals surface area contributed by atoms with Crippen molar-refractivity contribution in [3.8, 4) is 5.75 Å². The molecule has 0 bridgehead atoms. The molecule has 2 aromatic rings. The van der Waals surface area contributed by atoms with Gasteiger partial charge in [-0.15, -0.1) is 12.4 Å². The number of carbonyl (C=O) groups excluding carboxylic acids is 1. The van der Waals surface area contributed by atoms with Crippen LogP contribution in [-0.4, -0.2) is 19.6 Å². The Morgan fingerprint density at radius 1 is 1.32 bits per heavy atom. The molecule has 0 fully saturated rings. The van der Waals surface area contributed by atoms with E-state index < -0.39 is 0 Å². The summed E-state index contributed by atoms with van der Waals surface area (Å²) in [4.78, 5) is 11.5. The van der Waals surface area contributed by atoms with E-state index in [4.69, 9.17) is 10.5 Å². The van der Waals surface area contributed by atoms with Crippen LogP contribution in [0, 0.1) is 0 Å². The smallest absolute Gasteiger partial charge is 0.225 e. The molecular weight excluding hydrogens is 264 g/mol. The lowest BCUT2D eigenvalue weighted by Crippen LogP contribution is -2.16. The minimum absolute atomic E-state index is 0. The SMILES string of the molecule is COc1cc(NC(=O)CCN)cc2ccccc12.Cl. The molecule has 0 saturated heterocycles. The molecule has 3 N–H and O–H groups in total. The Kier molecular flexibility index (Phi) is 5.60. The van der Waals surface area contributed by atoms with Crippen LogP contribution in [0.1, 0.15) is 6.42 Å². The van der Waals surface area contributed by atoms with E-state index in [2.05, 4.69) is 5.32 Å². The molecule has 0 heterocycles. The molecule has 0 aliphatic heterocycles. The van der Waals surface area contributed by atoms with E-state index in [1.54, 1.807) is 7.11 Å². The first kappa shape index (κ1) is 15.3. The van der Waals surface area contributed by atoms with Gasteiger partial charge in [0, 0.05) is 30.1 Å². The molecular formula is C14H17ClN2O2. The van der Waals surface area contributed by atoms with Crippen molar-refractivity contribution in [2.45, 2.75) is 6.42 Å². The van der Waals surface area contributed by atoms with Gasteiger partial charge in [-0.1, -0.05) is 24.3 Å². The Hall–Kier alpha value is -1.78. The van der Waals surface area contributed by atoms with Crippen LogP contribution >= 0.6 is 12.4 Å². The van der Waals surface area contributed by atoms with Gasteiger partial charge >= 0.3 is 0 Å². The normalized spacial score (nSPS) is 9.79. The summed E-state index contributed by atoms with van der Waals surface area (Å²) in [5.74, 6) is 0.658. The van der Waals surface area contributed by atoms with Gasteiger partial charge in [0.2, 0.25) is 5.91 Å². The lowest BCUT2D eigenvalue weighted by atomic mass is 10.1. The molecule has 5 heteroatoms. The Morgan fingerprint density at radius 2 is 2.05 bits per heavy atom. The number of nitrogens with one attached hydrogen (secondary N) is 1. The quantitative estimate of drug-likeness (QED) is 0.905. The molecule has 0 aliphatic carbocycles. The molecule has 0 aromatic heterocycles. The fraction of sp³-hybridized carbons (Fsp3) is 0.214. The highest BCUT2D eigenvalue weighted by Crippen LogP contribution is 2.29. The number of benzene rings is 2. The number of rotatable bonds is 4. The Bertz CT molecular complexity index is 572. The van der Waals surface area contributed by atoms with Gasteiger partial charge in [0.05, 0.1) is 7.11 Å². The number of fused-ring (bicyclic) bond motifs is 1. The fourth-order valence-corrected chi connectivity index (χ4v) is 1.87. The first-order chi connectivity index (χ1) is 8.74. The molecule has 0 saturated carbocycles. The summed E-state index contributed by atoms with van der Waals surface area (Å²) < 4.78 is 5.33. The molecule has 2 rings (SSSR count). The van der Waals surface area contributed by atoms with Crippen molar-refractivity contribution < 1.29 is 9.53 Å². The Labute approximate surface area is 118 Å². The van der Waals surface area contributed by atoms with E-state index in [1.165, 1.54) is 0 Å². The highest BCUT2D eigenvalue weighted by Gasteiger charge is 2.06. The van der Waals surface area contributed by atoms with Gasteiger partial charge in [-0.2, -0.15) is 0 Å². The van der Waals surface area contributed by atoms with Crippen LogP contribution in [0.15, 0.2) is 36.4 Å². The summed E-state index contributed by atoms with van der Waals surface area (Å²) in [6.45, 7) is 0.344. The van der Waals surface area contributed by atoms with Crippen molar-refractivity contribution in [1.82, 2.24) is 0 Å². The van der Waals surface area contributed by atoms with Crippen molar-refractivity contribution in [2.75, 3.05) is 19.0 Å². The van der Waals surface area contributed by atoms with Crippen LogP contribution in [0.4, 0.5) is 5.69 Å². The largest absolute Gasteiger partial charge is 0.496 e. The maximum absolute atomic E-state index is 11.5. The summed E-state index contributed by atoms with van der Waals surface area (Å²) in [6, 6.07) is 11.6. The van der Waals surface area contributed by atoms with E-state index in [9.17, 15) is 4.79 Å². The van der Waals surface area contributed by atoms with Gasteiger partial charge in [-0.3, -0.25) is 4.79 Å². The minimum Gasteiger partial charge on any atom is -0.496 e. The molecule has 0 radical (unpaired) electrons. The maximum Gasteiger partial charge on any atom is 0.225 e. The van der Waals surface area contributed by atoms with E-state index in [0.717, 1.165) is 22.2 Å². The van der Waals surface area contributed by atoms with Crippen molar-refractivity contribution in [1.29, 1.82) is 0 Å². The van der Waals surface area contributed by atoms with Gasteiger partial charge in [0.1, 0.15) is 5.75 Å². The number of ether oxygens (including phenoxy) is 1. The van der Waals surface area contributed by atoms with Crippen molar-refractivity contribution in [3.63, 3.8) is 0 Å². The summed E-state index contributed by atoms with van der Waals surface area (Å²) in [6.07, 6.45) is 0.315. The van der Waals surface area contributed by atoms with E-state index in [-0.39, 0.29) is 18.3 Å². The number of nitrogens with two attached hydrogens (primary N) is 1. The molecule has 0 aliphatic rings. The number of carbonyl (C=O) groups is 1. The second-order valence-corrected chi connectivity index (χ2v) is 3.99. The van der Waals surface area contributed by atoms with Crippen LogP contribution in [-0.2, 0) is 4.79 Å². The molecule has 19 heavy (non-hydrogen) atoms. The van der Waals surface area contributed by atoms with E-state index in [1.807, 2.05) is 36.4 Å². The molecule has 102 valence electrons. The summed E-state index contributed by atoms with van der Waals surface area (Å²) >= 11 is 0. The molecule has 2 aromatic carbocycles. The van der Waals surface area contributed by atoms with Gasteiger partial charge in [0.25, 0.3) is 0 Å². The predicted molar refractivity (Wildman–Crippen MR) is 80.0 cm³/mol. The first-order valence-electron chi connectivity index (χ1n) is 5.81. The van der Waals surface area contributed by atoms with Crippen LogP contribution in [0.5, 0.6) is 5.75 Å². The zero-order valence-electron chi connectivity index (χ0n) is 10.7. The third kappa shape index (κ3) is 3.59. The van der Waals surface area contributed by atoms with Crippen LogP contribution in [0.3, 0.4) is 0 Å². The zero-order chi connectivity index (χ0) is 13.0. The second kappa shape index (κ2) is 6.97. The fourth-order valence-electron chi connectivity index (χ4n) is 1.87. The number of hydrogen-bond donors (Lipinski definition) is 2. The van der Waals surface area contributed by atoms with Crippen LogP contribution in [0.25, 0.3) is 10.8 Å². The van der Waals surface area contributed by atoms with E-state index >= 15 is 0 Å². The van der Waals surface area contributed by atoms with E-state index in [0.29, 0.717) is 13.0 Å². The molecule has 0 unspecified atom stereocenters. The van der Waals surface area contributed by atoms with Crippen molar-refractivity contribution in [2.24, 2.45) is 5.73 Å². The van der Waals surface area contributed by atoms with Crippen molar-refractivity contribution in [3.05, 3.63) is 36.4 Å². The minimum atomic E-state index is -0.0881. The lowest BCUT2D eigenvalue weighted by molar-refractivity contribution is -0.116. The third-order valence-electron chi connectivity index (χ3n) is 2.70. The average molecular weight is 281 g/mol. The number of amides is 1. The number of hydrogen-bond acceptors (Lipinski definition) is 3. The lowest BCUT2D eigenvalue weighted by Gasteiger charge is -2.10. The first-order valence-corrected chi connectivity index (χ1v) is 5.81. The Morgan fingerprint density at radius 3 is 2.74 bits per heavy atom. The molecule has 1 amide bonds. The number of halogens is 1. The molecule has 4 nitrogen and oxygen atoms in total. The summed E-state index contributed by atoms with van der Waals surface area (Å²) in [5, 5.41) is 4.86. The van der Waals surface area contributed by atoms with Gasteiger partial charge in [-0.05, 0) is 11.5 Å². The molecule has 0 atom stereocenters. The van der Waals surface area contributed by atoms with Gasteiger partial charge < -0.3 is 15.8 Å².